The van der Waals surface area contributed by atoms with E-state index in [1.807, 2.05) is 12.1 Å². The minimum atomic E-state index is -0.339. The topological polar surface area (TPSA) is 74.8 Å². The summed E-state index contributed by atoms with van der Waals surface area (Å²) in [5.41, 5.74) is 4.06. The lowest BCUT2D eigenvalue weighted by molar-refractivity contribution is 0.0477. The van der Waals surface area contributed by atoms with E-state index < -0.39 is 0 Å². The third-order valence-corrected chi connectivity index (χ3v) is 8.99. The van der Waals surface area contributed by atoms with Gasteiger partial charge in [0.25, 0.3) is 23.6 Å². The molecule has 7 rings (SSSR count). The first kappa shape index (κ1) is 22.4. The van der Waals surface area contributed by atoms with Crippen LogP contribution in [0.5, 0.6) is 0 Å². The van der Waals surface area contributed by atoms with E-state index in [0.717, 1.165) is 38.5 Å². The van der Waals surface area contributed by atoms with Crippen molar-refractivity contribution in [2.24, 2.45) is 5.92 Å². The molecule has 2 aliphatic heterocycles. The van der Waals surface area contributed by atoms with E-state index in [9.17, 15) is 19.2 Å². The lowest BCUT2D eigenvalue weighted by Gasteiger charge is -2.39. The molecular formula is C31H28N2O4. The van der Waals surface area contributed by atoms with E-state index in [2.05, 4.69) is 19.1 Å². The molecule has 0 N–H and O–H groups in total. The predicted octanol–water partition coefficient (Wildman–Crippen LogP) is 5.17. The van der Waals surface area contributed by atoms with Crippen LogP contribution in [-0.2, 0) is 12.8 Å². The van der Waals surface area contributed by atoms with Crippen LogP contribution in [0.25, 0.3) is 10.8 Å². The Balaban J connectivity index is 1.30. The lowest BCUT2D eigenvalue weighted by Crippen LogP contribution is -2.50. The largest absolute Gasteiger partial charge is 0.271 e. The first-order valence-electron chi connectivity index (χ1n) is 13.4. The average molecular weight is 493 g/mol. The van der Waals surface area contributed by atoms with Gasteiger partial charge in [-0.1, -0.05) is 31.2 Å². The molecule has 1 saturated carbocycles. The number of amides is 4. The molecule has 37 heavy (non-hydrogen) atoms. The summed E-state index contributed by atoms with van der Waals surface area (Å²) in [5, 5.41) is 0.914. The van der Waals surface area contributed by atoms with Crippen molar-refractivity contribution in [1.82, 2.24) is 9.80 Å². The van der Waals surface area contributed by atoms with Crippen LogP contribution < -0.4 is 0 Å². The Labute approximate surface area is 215 Å². The van der Waals surface area contributed by atoms with Gasteiger partial charge in [-0.05, 0) is 86.3 Å². The quantitative estimate of drug-likeness (QED) is 0.463. The zero-order valence-electron chi connectivity index (χ0n) is 20.8. The van der Waals surface area contributed by atoms with E-state index in [1.54, 1.807) is 24.3 Å². The minimum absolute atomic E-state index is 0.111. The van der Waals surface area contributed by atoms with Gasteiger partial charge in [0.1, 0.15) is 0 Å². The van der Waals surface area contributed by atoms with E-state index in [-0.39, 0.29) is 35.7 Å². The van der Waals surface area contributed by atoms with Gasteiger partial charge in [0.05, 0.1) is 0 Å². The highest BCUT2D eigenvalue weighted by Crippen LogP contribution is 2.41. The molecule has 1 fully saturated rings. The van der Waals surface area contributed by atoms with Crippen LogP contribution in [0.4, 0.5) is 0 Å². The van der Waals surface area contributed by atoms with E-state index in [4.69, 9.17) is 0 Å². The maximum atomic E-state index is 13.8. The Kier molecular flexibility index (Phi) is 4.91. The van der Waals surface area contributed by atoms with E-state index >= 15 is 0 Å². The van der Waals surface area contributed by atoms with Crippen LogP contribution in [0.2, 0.25) is 0 Å². The van der Waals surface area contributed by atoms with Gasteiger partial charge in [-0.15, -0.1) is 0 Å². The number of hydrogen-bond acceptors (Lipinski definition) is 4. The number of benzene rings is 3. The molecule has 4 aliphatic rings. The van der Waals surface area contributed by atoms with Crippen molar-refractivity contribution in [3.63, 3.8) is 0 Å². The Hall–Kier alpha value is -3.80. The van der Waals surface area contributed by atoms with Crippen molar-refractivity contribution >= 4 is 34.4 Å². The van der Waals surface area contributed by atoms with Crippen molar-refractivity contribution in [3.8, 4) is 0 Å². The monoisotopic (exact) mass is 492 g/mol. The summed E-state index contributed by atoms with van der Waals surface area (Å²) in [6, 6.07) is 14.6. The van der Waals surface area contributed by atoms with Crippen molar-refractivity contribution in [3.05, 3.63) is 81.9 Å². The summed E-state index contributed by atoms with van der Waals surface area (Å²) < 4.78 is 0. The Morgan fingerprint density at radius 3 is 1.54 bits per heavy atom. The van der Waals surface area contributed by atoms with Gasteiger partial charge >= 0.3 is 0 Å². The van der Waals surface area contributed by atoms with E-state index in [0.29, 0.717) is 45.4 Å². The lowest BCUT2D eigenvalue weighted by atomic mass is 9.81. The van der Waals surface area contributed by atoms with Crippen LogP contribution in [-0.4, -0.2) is 45.5 Å². The third-order valence-electron chi connectivity index (χ3n) is 8.99. The molecule has 0 aromatic heterocycles. The second-order valence-corrected chi connectivity index (χ2v) is 11.1. The van der Waals surface area contributed by atoms with Gasteiger partial charge in [0, 0.05) is 45.1 Å². The van der Waals surface area contributed by atoms with Crippen LogP contribution in [0.1, 0.15) is 91.6 Å². The molecule has 186 valence electrons. The van der Waals surface area contributed by atoms with Crippen molar-refractivity contribution in [2.75, 3.05) is 0 Å². The summed E-state index contributed by atoms with van der Waals surface area (Å²) in [4.78, 5) is 57.7. The van der Waals surface area contributed by atoms with Crippen molar-refractivity contribution < 1.29 is 19.2 Å². The first-order valence-corrected chi connectivity index (χ1v) is 13.4. The second-order valence-electron chi connectivity index (χ2n) is 11.1. The second kappa shape index (κ2) is 8.10. The third kappa shape index (κ3) is 3.17. The summed E-state index contributed by atoms with van der Waals surface area (Å²) >= 11 is 0. The van der Waals surface area contributed by atoms with Gasteiger partial charge in [0.2, 0.25) is 0 Å². The van der Waals surface area contributed by atoms with Crippen molar-refractivity contribution in [1.29, 1.82) is 0 Å². The smallest absolute Gasteiger partial charge is 0.261 e. The molecule has 6 heteroatoms. The molecule has 0 bridgehead atoms. The van der Waals surface area contributed by atoms with Crippen LogP contribution >= 0.6 is 0 Å². The van der Waals surface area contributed by atoms with Crippen LogP contribution in [0, 0.1) is 5.92 Å². The standard InChI is InChI=1S/C31H28N2O4/c1-17-6-9-20(10-7-17)32-28(34)22-12-14-24-27-25(15-13-23(26(22)27)29(32)35)31(37)33(30(24)36)21-11-8-18-4-2-3-5-19(18)16-21/h2-5,12-15,17,20-21H,6-11,16H2,1H3. The predicted molar refractivity (Wildman–Crippen MR) is 139 cm³/mol. The van der Waals surface area contributed by atoms with Gasteiger partial charge < -0.3 is 0 Å². The fourth-order valence-electron chi connectivity index (χ4n) is 6.97. The highest BCUT2D eigenvalue weighted by Gasteiger charge is 2.44. The number of aryl methyl sites for hydroxylation is 1. The molecule has 0 spiro atoms. The Morgan fingerprint density at radius 1 is 0.568 bits per heavy atom. The number of fused-ring (bicyclic) bond motifs is 1. The molecule has 6 nitrogen and oxygen atoms in total. The van der Waals surface area contributed by atoms with Gasteiger partial charge in [0.15, 0.2) is 0 Å². The summed E-state index contributed by atoms with van der Waals surface area (Å²) in [7, 11) is 0. The average Bonchev–Trinajstić information content (AvgIpc) is 2.91. The molecule has 2 heterocycles. The van der Waals surface area contributed by atoms with Crippen LogP contribution in [0.3, 0.4) is 0 Å². The molecule has 4 amide bonds. The number of carbonyl (C=O) groups excluding carboxylic acids is 4. The molecule has 3 aromatic rings. The zero-order chi connectivity index (χ0) is 25.4. The Bertz CT molecular complexity index is 1460. The normalized spacial score (nSPS) is 25.1. The highest BCUT2D eigenvalue weighted by atomic mass is 16.2. The molecule has 0 saturated heterocycles. The van der Waals surface area contributed by atoms with Gasteiger partial charge in [-0.25, -0.2) is 0 Å². The van der Waals surface area contributed by atoms with Crippen molar-refractivity contribution in [2.45, 2.75) is 64.0 Å². The highest BCUT2D eigenvalue weighted by molar-refractivity contribution is 6.33. The number of carbonyl (C=O) groups is 4. The molecule has 2 aliphatic carbocycles. The summed E-state index contributed by atoms with van der Waals surface area (Å²) in [5.74, 6) is -0.704. The molecule has 1 unspecified atom stereocenters. The fourth-order valence-corrected chi connectivity index (χ4v) is 6.97. The summed E-state index contributed by atoms with van der Waals surface area (Å²) in [6.07, 6.45) is 5.77. The van der Waals surface area contributed by atoms with Crippen LogP contribution in [0.15, 0.2) is 48.5 Å². The number of nitrogens with zero attached hydrogens (tertiary/aromatic N) is 2. The maximum Gasteiger partial charge on any atom is 0.261 e. The molecular weight excluding hydrogens is 464 g/mol. The van der Waals surface area contributed by atoms with E-state index in [1.165, 1.54) is 20.9 Å². The number of rotatable bonds is 2. The number of imide groups is 2. The SMILES string of the molecule is CC1CCC(N2C(=O)c3ccc4c5c(ccc(c35)C2=O)C(=O)N(C2CCc3ccccc3C2)C4=O)CC1. The molecule has 1 atom stereocenters. The minimum Gasteiger partial charge on any atom is -0.271 e. The first-order chi connectivity index (χ1) is 17.9. The molecule has 0 radical (unpaired) electrons. The fraction of sp³-hybridized carbons (Fsp3) is 0.355. The molecule has 3 aromatic carbocycles. The summed E-state index contributed by atoms with van der Waals surface area (Å²) in [6.45, 7) is 2.21. The Morgan fingerprint density at radius 2 is 1.03 bits per heavy atom. The van der Waals surface area contributed by atoms with Gasteiger partial charge in [-0.3, -0.25) is 29.0 Å². The van der Waals surface area contributed by atoms with Gasteiger partial charge in [-0.2, -0.15) is 0 Å². The zero-order valence-corrected chi connectivity index (χ0v) is 20.8. The number of hydrogen-bond donors (Lipinski definition) is 0. The maximum absolute atomic E-state index is 13.8.